The number of rotatable bonds is 2. The van der Waals surface area contributed by atoms with Crippen LogP contribution in [0.25, 0.3) is 0 Å². The summed E-state index contributed by atoms with van der Waals surface area (Å²) in [6.07, 6.45) is 0.496. The van der Waals surface area contributed by atoms with Gasteiger partial charge in [-0.05, 0) is 24.1 Å². The van der Waals surface area contributed by atoms with E-state index in [2.05, 4.69) is 0 Å². The Hall–Kier alpha value is -1.84. The highest BCUT2D eigenvalue weighted by Gasteiger charge is 2.29. The van der Waals surface area contributed by atoms with Gasteiger partial charge in [0.2, 0.25) is 0 Å². The van der Waals surface area contributed by atoms with Crippen LogP contribution >= 0.6 is 0 Å². The lowest BCUT2D eigenvalue weighted by Crippen LogP contribution is -2.26. The van der Waals surface area contributed by atoms with Gasteiger partial charge in [-0.1, -0.05) is 6.07 Å². The number of fused-ring (bicyclic) bond motifs is 1. The normalized spacial score (nSPS) is 19.1. The monoisotopic (exact) mass is 220 g/mol. The van der Waals surface area contributed by atoms with Gasteiger partial charge in [0.25, 0.3) is 0 Å². The average Bonchev–Trinajstić information content (AvgIpc) is 2.28. The zero-order valence-electron chi connectivity index (χ0n) is 8.90. The molecular formula is C12H12O4. The van der Waals surface area contributed by atoms with Crippen LogP contribution in [0, 0.1) is 5.92 Å². The lowest BCUT2D eigenvalue weighted by molar-refractivity contribution is -0.141. The average molecular weight is 220 g/mol. The zero-order valence-corrected chi connectivity index (χ0v) is 8.90. The predicted molar refractivity (Wildman–Crippen MR) is 56.8 cm³/mol. The highest BCUT2D eigenvalue weighted by molar-refractivity contribution is 6.01. The van der Waals surface area contributed by atoms with E-state index in [0.717, 1.165) is 5.56 Å². The quantitative estimate of drug-likeness (QED) is 0.820. The molecule has 0 saturated carbocycles. The van der Waals surface area contributed by atoms with Crippen LogP contribution in [0.5, 0.6) is 5.75 Å². The fourth-order valence-electron chi connectivity index (χ4n) is 1.97. The second kappa shape index (κ2) is 3.96. The molecule has 4 heteroatoms. The Morgan fingerprint density at radius 3 is 2.81 bits per heavy atom. The number of benzene rings is 1. The van der Waals surface area contributed by atoms with Gasteiger partial charge in [0, 0.05) is 12.0 Å². The van der Waals surface area contributed by atoms with Crippen molar-refractivity contribution in [2.24, 2.45) is 5.92 Å². The Bertz CT molecular complexity index is 450. The maximum atomic E-state index is 11.7. The molecule has 1 aliphatic rings. The summed E-state index contributed by atoms with van der Waals surface area (Å²) < 4.78 is 5.03. The number of carbonyl (C=O) groups is 2. The van der Waals surface area contributed by atoms with Gasteiger partial charge < -0.3 is 9.84 Å². The molecule has 0 amide bonds. The minimum absolute atomic E-state index is 0.0789. The van der Waals surface area contributed by atoms with Gasteiger partial charge in [-0.2, -0.15) is 0 Å². The van der Waals surface area contributed by atoms with E-state index < -0.39 is 11.9 Å². The van der Waals surface area contributed by atoms with Crippen molar-refractivity contribution in [1.29, 1.82) is 0 Å². The van der Waals surface area contributed by atoms with Crippen molar-refractivity contribution >= 4 is 11.8 Å². The first kappa shape index (κ1) is 10.7. The molecule has 4 nitrogen and oxygen atoms in total. The number of hydrogen-bond acceptors (Lipinski definition) is 3. The van der Waals surface area contributed by atoms with Crippen molar-refractivity contribution in [2.45, 2.75) is 12.8 Å². The Labute approximate surface area is 92.8 Å². The Kier molecular flexibility index (Phi) is 2.64. The van der Waals surface area contributed by atoms with Crippen molar-refractivity contribution in [1.82, 2.24) is 0 Å². The van der Waals surface area contributed by atoms with E-state index in [0.29, 0.717) is 17.7 Å². The number of carbonyl (C=O) groups excluding carboxylic acids is 1. The van der Waals surface area contributed by atoms with Gasteiger partial charge in [-0.15, -0.1) is 0 Å². The highest BCUT2D eigenvalue weighted by Crippen LogP contribution is 2.28. The van der Waals surface area contributed by atoms with Crippen LogP contribution < -0.4 is 4.74 Å². The lowest BCUT2D eigenvalue weighted by Gasteiger charge is -2.20. The fourth-order valence-corrected chi connectivity index (χ4v) is 1.97. The smallest absolute Gasteiger partial charge is 0.307 e. The zero-order chi connectivity index (χ0) is 11.7. The molecule has 0 aliphatic heterocycles. The molecule has 2 rings (SSSR count). The topological polar surface area (TPSA) is 63.6 Å². The van der Waals surface area contributed by atoms with Gasteiger partial charge in [-0.25, -0.2) is 0 Å². The fraction of sp³-hybridized carbons (Fsp3) is 0.333. The van der Waals surface area contributed by atoms with Crippen LogP contribution in [0.3, 0.4) is 0 Å². The molecule has 0 radical (unpaired) electrons. The molecule has 16 heavy (non-hydrogen) atoms. The first-order valence-electron chi connectivity index (χ1n) is 5.04. The first-order valence-corrected chi connectivity index (χ1v) is 5.04. The third-order valence-electron chi connectivity index (χ3n) is 2.86. The predicted octanol–water partition coefficient (Wildman–Crippen LogP) is 1.52. The molecule has 1 atom stereocenters. The minimum atomic E-state index is -0.908. The number of ether oxygens (including phenoxy) is 1. The molecule has 1 aliphatic carbocycles. The number of Topliss-reactive ketones (excluding diaryl/α,β-unsaturated/α-hetero) is 1. The van der Waals surface area contributed by atoms with E-state index in [1.54, 1.807) is 18.2 Å². The standard InChI is InChI=1S/C12H12O4/c1-16-9-3-2-7-4-8(12(14)15)5-11(13)10(7)6-9/h2-3,6,8H,4-5H2,1H3,(H,14,15). The summed E-state index contributed by atoms with van der Waals surface area (Å²) >= 11 is 0. The molecule has 0 bridgehead atoms. The van der Waals surface area contributed by atoms with Crippen molar-refractivity contribution in [2.75, 3.05) is 7.11 Å². The van der Waals surface area contributed by atoms with Gasteiger partial charge in [0.1, 0.15) is 5.75 Å². The van der Waals surface area contributed by atoms with E-state index in [9.17, 15) is 9.59 Å². The maximum absolute atomic E-state index is 11.7. The first-order chi connectivity index (χ1) is 7.61. The van der Waals surface area contributed by atoms with Gasteiger partial charge >= 0.3 is 5.97 Å². The number of aliphatic carboxylic acids is 1. The molecule has 84 valence electrons. The third-order valence-corrected chi connectivity index (χ3v) is 2.86. The Balaban J connectivity index is 2.38. The van der Waals surface area contributed by atoms with Crippen molar-refractivity contribution in [3.8, 4) is 5.75 Å². The van der Waals surface area contributed by atoms with Crippen LogP contribution in [0.15, 0.2) is 18.2 Å². The lowest BCUT2D eigenvalue weighted by atomic mass is 9.83. The molecule has 0 spiro atoms. The van der Waals surface area contributed by atoms with Crippen molar-refractivity contribution in [3.05, 3.63) is 29.3 Å². The number of hydrogen-bond donors (Lipinski definition) is 1. The summed E-state index contributed by atoms with van der Waals surface area (Å²) in [6.45, 7) is 0. The summed E-state index contributed by atoms with van der Waals surface area (Å²) in [5.74, 6) is -0.989. The molecule has 0 heterocycles. The van der Waals surface area contributed by atoms with Gasteiger partial charge in [-0.3, -0.25) is 9.59 Å². The number of ketones is 1. The highest BCUT2D eigenvalue weighted by atomic mass is 16.5. The molecule has 0 saturated heterocycles. The van der Waals surface area contributed by atoms with E-state index in [1.165, 1.54) is 7.11 Å². The van der Waals surface area contributed by atoms with Crippen LogP contribution in [0.1, 0.15) is 22.3 Å². The summed E-state index contributed by atoms with van der Waals surface area (Å²) in [7, 11) is 1.54. The summed E-state index contributed by atoms with van der Waals surface area (Å²) in [4.78, 5) is 22.6. The number of methoxy groups -OCH3 is 1. The molecule has 0 aromatic heterocycles. The van der Waals surface area contributed by atoms with E-state index >= 15 is 0 Å². The molecule has 1 aromatic carbocycles. The molecule has 1 N–H and O–H groups in total. The molecule has 1 aromatic rings. The van der Waals surface area contributed by atoms with Crippen LogP contribution in [-0.4, -0.2) is 24.0 Å². The van der Waals surface area contributed by atoms with Crippen LogP contribution in [0.4, 0.5) is 0 Å². The van der Waals surface area contributed by atoms with E-state index in [-0.39, 0.29) is 12.2 Å². The summed E-state index contributed by atoms with van der Waals surface area (Å²) in [5.41, 5.74) is 1.39. The number of carboxylic acids is 1. The third kappa shape index (κ3) is 1.78. The maximum Gasteiger partial charge on any atom is 0.307 e. The summed E-state index contributed by atoms with van der Waals surface area (Å²) in [5, 5.41) is 8.91. The summed E-state index contributed by atoms with van der Waals surface area (Å²) in [6, 6.07) is 5.19. The SMILES string of the molecule is COc1ccc2c(c1)C(=O)CC(C(=O)O)C2. The van der Waals surface area contributed by atoms with Crippen LogP contribution in [0.2, 0.25) is 0 Å². The minimum Gasteiger partial charge on any atom is -0.497 e. The van der Waals surface area contributed by atoms with Crippen molar-refractivity contribution in [3.63, 3.8) is 0 Å². The Morgan fingerprint density at radius 1 is 1.44 bits per heavy atom. The molecule has 0 fully saturated rings. The van der Waals surface area contributed by atoms with Gasteiger partial charge in [0.15, 0.2) is 5.78 Å². The largest absolute Gasteiger partial charge is 0.497 e. The van der Waals surface area contributed by atoms with E-state index in [1.807, 2.05) is 0 Å². The van der Waals surface area contributed by atoms with Crippen molar-refractivity contribution < 1.29 is 19.4 Å². The second-order valence-electron chi connectivity index (χ2n) is 3.89. The Morgan fingerprint density at radius 2 is 2.19 bits per heavy atom. The number of carboxylic acid groups (broad SMARTS) is 1. The van der Waals surface area contributed by atoms with Crippen LogP contribution in [-0.2, 0) is 11.2 Å². The second-order valence-corrected chi connectivity index (χ2v) is 3.89. The molecule has 1 unspecified atom stereocenters. The molecular weight excluding hydrogens is 208 g/mol. The van der Waals surface area contributed by atoms with Gasteiger partial charge in [0.05, 0.1) is 13.0 Å². The van der Waals surface area contributed by atoms with E-state index in [4.69, 9.17) is 9.84 Å².